The maximum absolute atomic E-state index is 10.5. The largest absolute Gasteiger partial charge is 0.274 e. The van der Waals surface area contributed by atoms with Crippen LogP contribution in [0.4, 0.5) is 0 Å². The minimum atomic E-state index is 0.0579. The summed E-state index contributed by atoms with van der Waals surface area (Å²) in [6.45, 7) is 3.17. The van der Waals surface area contributed by atoms with E-state index in [2.05, 4.69) is 5.43 Å². The molecule has 0 aromatic carbocycles. The topological polar surface area (TPSA) is 34.4 Å². The number of nitrogens with zero attached hydrogens (tertiary/aromatic N) is 2. The number of hydrogen-bond donors (Lipinski definition) is 0. The molecule has 0 aliphatic carbocycles. The van der Waals surface area contributed by atoms with Crippen molar-refractivity contribution in [2.75, 3.05) is 13.1 Å². The Bertz CT molecular complexity index is 96.6. The molecule has 8 heavy (non-hydrogen) atoms. The van der Waals surface area contributed by atoms with Gasteiger partial charge >= 0.3 is 0 Å². The van der Waals surface area contributed by atoms with Crippen molar-refractivity contribution in [1.29, 1.82) is 0 Å². The Kier molecular flexibility index (Phi) is 1.48. The molecule has 0 saturated carbocycles. The normalized spacial score (nSPS) is 19.4. The Hall–Kier alpha value is -0.570. The van der Waals surface area contributed by atoms with Crippen molar-refractivity contribution in [2.24, 2.45) is 0 Å². The quantitative estimate of drug-likeness (QED) is 0.427. The van der Waals surface area contributed by atoms with Crippen LogP contribution in [0.15, 0.2) is 0 Å². The molecule has 0 bridgehead atoms. The molecule has 1 aliphatic rings. The van der Waals surface area contributed by atoms with Gasteiger partial charge in [-0.05, 0) is 6.42 Å². The van der Waals surface area contributed by atoms with E-state index in [4.69, 9.17) is 0 Å². The lowest BCUT2D eigenvalue weighted by Crippen LogP contribution is -2.29. The third-order valence-electron chi connectivity index (χ3n) is 1.16. The standard InChI is InChI=1S/C5H9N2O/c1-5(8)7-4-2-3-6-7/h2-4H2,1H3. The summed E-state index contributed by atoms with van der Waals surface area (Å²) in [5.41, 5.74) is 3.92. The fourth-order valence-corrected chi connectivity index (χ4v) is 0.740. The van der Waals surface area contributed by atoms with Gasteiger partial charge in [0.25, 0.3) is 0 Å². The Morgan fingerprint density at radius 3 is 2.75 bits per heavy atom. The summed E-state index contributed by atoms with van der Waals surface area (Å²) in [4.78, 5) is 10.5. The third-order valence-corrected chi connectivity index (χ3v) is 1.16. The van der Waals surface area contributed by atoms with Gasteiger partial charge < -0.3 is 0 Å². The first-order valence-corrected chi connectivity index (χ1v) is 2.76. The molecular formula is C5H9N2O. The summed E-state index contributed by atoms with van der Waals surface area (Å²) in [5, 5.41) is 1.51. The van der Waals surface area contributed by atoms with Gasteiger partial charge in [0.15, 0.2) is 0 Å². The molecule has 3 nitrogen and oxygen atoms in total. The molecule has 3 heteroatoms. The van der Waals surface area contributed by atoms with Crippen LogP contribution in [0, 0.1) is 0 Å². The third kappa shape index (κ3) is 0.980. The summed E-state index contributed by atoms with van der Waals surface area (Å²) in [6.07, 6.45) is 1.03. The van der Waals surface area contributed by atoms with Gasteiger partial charge in [0, 0.05) is 20.0 Å². The minimum absolute atomic E-state index is 0.0579. The van der Waals surface area contributed by atoms with E-state index < -0.39 is 0 Å². The van der Waals surface area contributed by atoms with Gasteiger partial charge in [0.05, 0.1) is 0 Å². The maximum Gasteiger partial charge on any atom is 0.234 e. The number of carbonyl (C=O) groups excluding carboxylic acids is 1. The van der Waals surface area contributed by atoms with Crippen molar-refractivity contribution >= 4 is 5.91 Å². The lowest BCUT2D eigenvalue weighted by atomic mass is 10.5. The number of hydrogen-bond acceptors (Lipinski definition) is 1. The summed E-state index contributed by atoms with van der Waals surface area (Å²) in [6, 6.07) is 0. The number of rotatable bonds is 0. The summed E-state index contributed by atoms with van der Waals surface area (Å²) < 4.78 is 0. The Balaban J connectivity index is 2.35. The second kappa shape index (κ2) is 2.13. The maximum atomic E-state index is 10.5. The van der Waals surface area contributed by atoms with Crippen LogP contribution in [-0.2, 0) is 4.79 Å². The molecule has 0 spiro atoms. The van der Waals surface area contributed by atoms with Crippen LogP contribution in [0.2, 0.25) is 0 Å². The highest BCUT2D eigenvalue weighted by atomic mass is 16.2. The molecule has 1 heterocycles. The van der Waals surface area contributed by atoms with Crippen LogP contribution in [0.1, 0.15) is 13.3 Å². The van der Waals surface area contributed by atoms with Gasteiger partial charge in [-0.3, -0.25) is 9.80 Å². The van der Waals surface area contributed by atoms with Gasteiger partial charge in [0.1, 0.15) is 0 Å². The van der Waals surface area contributed by atoms with E-state index in [1.807, 2.05) is 0 Å². The van der Waals surface area contributed by atoms with Crippen molar-refractivity contribution < 1.29 is 4.79 Å². The van der Waals surface area contributed by atoms with Crippen LogP contribution >= 0.6 is 0 Å². The Morgan fingerprint density at radius 1 is 1.75 bits per heavy atom. The van der Waals surface area contributed by atoms with Gasteiger partial charge in [-0.2, -0.15) is 0 Å². The second-order valence-electron chi connectivity index (χ2n) is 1.86. The lowest BCUT2D eigenvalue weighted by molar-refractivity contribution is -0.130. The molecule has 0 aromatic heterocycles. The smallest absolute Gasteiger partial charge is 0.234 e. The SMILES string of the molecule is CC(=O)N1CCC[N]1. The van der Waals surface area contributed by atoms with E-state index in [-0.39, 0.29) is 5.91 Å². The van der Waals surface area contributed by atoms with Crippen LogP contribution in [0.3, 0.4) is 0 Å². The van der Waals surface area contributed by atoms with Gasteiger partial charge in [-0.15, -0.1) is 5.43 Å². The average molecular weight is 113 g/mol. The molecule has 1 amide bonds. The first-order valence-electron chi connectivity index (χ1n) is 2.76. The zero-order chi connectivity index (χ0) is 5.98. The fraction of sp³-hybridized carbons (Fsp3) is 0.800. The predicted octanol–water partition coefficient (Wildman–Crippen LogP) is -0.242. The molecule has 45 valence electrons. The molecule has 0 atom stereocenters. The Labute approximate surface area is 48.6 Å². The fourth-order valence-electron chi connectivity index (χ4n) is 0.740. The molecule has 1 rings (SSSR count). The van der Waals surface area contributed by atoms with Gasteiger partial charge in [-0.25, -0.2) is 0 Å². The highest BCUT2D eigenvalue weighted by Gasteiger charge is 2.13. The first kappa shape index (κ1) is 5.56. The molecule has 1 saturated heterocycles. The van der Waals surface area contributed by atoms with Crippen molar-refractivity contribution in [1.82, 2.24) is 10.4 Å². The van der Waals surface area contributed by atoms with Crippen molar-refractivity contribution in [2.45, 2.75) is 13.3 Å². The first-order chi connectivity index (χ1) is 3.80. The second-order valence-corrected chi connectivity index (χ2v) is 1.86. The predicted molar refractivity (Wildman–Crippen MR) is 29.0 cm³/mol. The van der Waals surface area contributed by atoms with Crippen molar-refractivity contribution in [3.05, 3.63) is 0 Å². The van der Waals surface area contributed by atoms with Gasteiger partial charge in [-0.1, -0.05) is 0 Å². The van der Waals surface area contributed by atoms with E-state index >= 15 is 0 Å². The summed E-state index contributed by atoms with van der Waals surface area (Å²) in [5.74, 6) is 0.0579. The van der Waals surface area contributed by atoms with E-state index in [1.165, 1.54) is 11.9 Å². The molecule has 0 unspecified atom stereocenters. The zero-order valence-electron chi connectivity index (χ0n) is 4.92. The molecule has 1 aliphatic heterocycles. The summed E-state index contributed by atoms with van der Waals surface area (Å²) in [7, 11) is 0. The highest BCUT2D eigenvalue weighted by Crippen LogP contribution is 1.96. The van der Waals surface area contributed by atoms with Crippen LogP contribution < -0.4 is 5.43 Å². The van der Waals surface area contributed by atoms with Crippen LogP contribution in [0.25, 0.3) is 0 Å². The zero-order valence-corrected chi connectivity index (χ0v) is 4.92. The van der Waals surface area contributed by atoms with E-state index in [0.717, 1.165) is 19.5 Å². The van der Waals surface area contributed by atoms with E-state index in [1.54, 1.807) is 0 Å². The average Bonchev–Trinajstić information content (AvgIpc) is 2.12. The van der Waals surface area contributed by atoms with Crippen LogP contribution in [-0.4, -0.2) is 24.0 Å². The van der Waals surface area contributed by atoms with Crippen molar-refractivity contribution in [3.8, 4) is 0 Å². The monoisotopic (exact) mass is 113 g/mol. The van der Waals surface area contributed by atoms with E-state index in [9.17, 15) is 4.79 Å². The van der Waals surface area contributed by atoms with Crippen LogP contribution in [0.5, 0.6) is 0 Å². The number of amides is 1. The summed E-state index contributed by atoms with van der Waals surface area (Å²) >= 11 is 0. The molecule has 1 fully saturated rings. The van der Waals surface area contributed by atoms with E-state index in [0.29, 0.717) is 0 Å². The van der Waals surface area contributed by atoms with Gasteiger partial charge in [0.2, 0.25) is 5.91 Å². The molecule has 0 aromatic rings. The minimum Gasteiger partial charge on any atom is -0.274 e. The molecular weight excluding hydrogens is 104 g/mol. The Morgan fingerprint density at radius 2 is 2.50 bits per heavy atom. The molecule has 0 N–H and O–H groups in total. The highest BCUT2D eigenvalue weighted by molar-refractivity contribution is 5.72. The lowest BCUT2D eigenvalue weighted by Gasteiger charge is -2.08. The van der Waals surface area contributed by atoms with Crippen molar-refractivity contribution in [3.63, 3.8) is 0 Å². The molecule has 1 radical (unpaired) electrons. The number of carbonyl (C=O) groups is 1.